The molecule has 2 aliphatic rings. The summed E-state index contributed by atoms with van der Waals surface area (Å²) in [4.78, 5) is 25.7. The maximum atomic E-state index is 12.3. The van der Waals surface area contributed by atoms with E-state index >= 15 is 0 Å². The number of thiophene rings is 1. The Balaban J connectivity index is 1.37. The summed E-state index contributed by atoms with van der Waals surface area (Å²) < 4.78 is 1.20. The molecule has 134 valence electrons. The number of amides is 1. The van der Waals surface area contributed by atoms with Gasteiger partial charge in [-0.15, -0.1) is 11.3 Å². The zero-order chi connectivity index (χ0) is 17.4. The monoisotopic (exact) mass is 358 g/mol. The Labute approximate surface area is 153 Å². The Kier molecular flexibility index (Phi) is 4.63. The van der Waals surface area contributed by atoms with Gasteiger partial charge in [-0.1, -0.05) is 6.42 Å². The molecule has 4 rings (SSSR count). The van der Waals surface area contributed by atoms with Gasteiger partial charge in [0.1, 0.15) is 12.1 Å². The molecule has 1 saturated carbocycles. The summed E-state index contributed by atoms with van der Waals surface area (Å²) in [6.45, 7) is 5.04. The average Bonchev–Trinajstić information content (AvgIpc) is 2.95. The standard InChI is InChI=1S/C19H26N4OS/c1-13-11-25-17-16(13)20-12-21-18(17)23-8-6-14(7-9-23)10-22(2)19(24)15-4-3-5-15/h11-12,14-15H,3-10H2,1-2H3. The van der Waals surface area contributed by atoms with Crippen molar-refractivity contribution in [2.24, 2.45) is 11.8 Å². The van der Waals surface area contributed by atoms with Crippen LogP contribution >= 0.6 is 11.3 Å². The molecule has 0 unspecified atom stereocenters. The van der Waals surface area contributed by atoms with Gasteiger partial charge in [-0.3, -0.25) is 4.79 Å². The molecule has 0 atom stereocenters. The third-order valence-corrected chi connectivity index (χ3v) is 6.87. The average molecular weight is 359 g/mol. The molecular formula is C19H26N4OS. The van der Waals surface area contributed by atoms with E-state index in [-0.39, 0.29) is 0 Å². The van der Waals surface area contributed by atoms with E-state index in [1.807, 2.05) is 11.9 Å². The van der Waals surface area contributed by atoms with Crippen LogP contribution in [0.4, 0.5) is 5.82 Å². The lowest BCUT2D eigenvalue weighted by molar-refractivity contribution is -0.137. The molecule has 25 heavy (non-hydrogen) atoms. The number of nitrogens with zero attached hydrogens (tertiary/aromatic N) is 4. The first-order valence-corrected chi connectivity index (χ1v) is 10.2. The SMILES string of the molecule is Cc1csc2c(N3CCC(CN(C)C(=O)C4CCC4)CC3)ncnc12. The van der Waals surface area contributed by atoms with Crippen molar-refractivity contribution in [1.82, 2.24) is 14.9 Å². The highest BCUT2D eigenvalue weighted by Crippen LogP contribution is 2.33. The quantitative estimate of drug-likeness (QED) is 0.840. The largest absolute Gasteiger partial charge is 0.355 e. The number of aryl methyl sites for hydroxylation is 1. The van der Waals surface area contributed by atoms with Crippen molar-refractivity contribution in [2.75, 3.05) is 31.6 Å². The molecule has 0 spiro atoms. The summed E-state index contributed by atoms with van der Waals surface area (Å²) in [7, 11) is 1.98. The first kappa shape index (κ1) is 16.8. The lowest BCUT2D eigenvalue weighted by Gasteiger charge is -2.36. The van der Waals surface area contributed by atoms with Crippen LogP contribution in [-0.4, -0.2) is 47.5 Å². The van der Waals surface area contributed by atoms with Crippen molar-refractivity contribution in [3.05, 3.63) is 17.3 Å². The summed E-state index contributed by atoms with van der Waals surface area (Å²) in [5.74, 6) is 2.36. The lowest BCUT2D eigenvalue weighted by Crippen LogP contribution is -2.42. The molecule has 1 amide bonds. The van der Waals surface area contributed by atoms with E-state index in [2.05, 4.69) is 27.2 Å². The minimum atomic E-state index is 0.307. The summed E-state index contributed by atoms with van der Waals surface area (Å²) >= 11 is 1.74. The second-order valence-corrected chi connectivity index (χ2v) is 8.45. The first-order chi connectivity index (χ1) is 12.1. The van der Waals surface area contributed by atoms with Gasteiger partial charge in [0.15, 0.2) is 0 Å². The molecule has 0 aromatic carbocycles. The Morgan fingerprint density at radius 3 is 2.72 bits per heavy atom. The van der Waals surface area contributed by atoms with Gasteiger partial charge in [-0.05, 0) is 49.5 Å². The number of carbonyl (C=O) groups excluding carboxylic acids is 1. The summed E-state index contributed by atoms with van der Waals surface area (Å²) in [5.41, 5.74) is 2.32. The molecule has 2 aromatic heterocycles. The van der Waals surface area contributed by atoms with Crippen LogP contribution in [0.5, 0.6) is 0 Å². The lowest BCUT2D eigenvalue weighted by atomic mass is 9.84. The number of aromatic nitrogens is 2. The van der Waals surface area contributed by atoms with Gasteiger partial charge in [-0.25, -0.2) is 9.97 Å². The second-order valence-electron chi connectivity index (χ2n) is 7.57. The van der Waals surface area contributed by atoms with Gasteiger partial charge >= 0.3 is 0 Å². The van der Waals surface area contributed by atoms with E-state index in [1.54, 1.807) is 17.7 Å². The zero-order valence-electron chi connectivity index (χ0n) is 15.1. The molecule has 1 saturated heterocycles. The predicted molar refractivity (Wildman–Crippen MR) is 102 cm³/mol. The number of hydrogen-bond acceptors (Lipinski definition) is 5. The Morgan fingerprint density at radius 2 is 2.04 bits per heavy atom. The smallest absolute Gasteiger partial charge is 0.225 e. The number of piperidine rings is 1. The molecule has 1 aliphatic heterocycles. The molecule has 1 aliphatic carbocycles. The maximum absolute atomic E-state index is 12.3. The van der Waals surface area contributed by atoms with Gasteiger partial charge < -0.3 is 9.80 Å². The van der Waals surface area contributed by atoms with Gasteiger partial charge in [0.2, 0.25) is 5.91 Å². The fourth-order valence-electron chi connectivity index (χ4n) is 3.95. The van der Waals surface area contributed by atoms with Crippen molar-refractivity contribution in [3.8, 4) is 0 Å². The number of carbonyl (C=O) groups is 1. The highest BCUT2D eigenvalue weighted by molar-refractivity contribution is 7.18. The first-order valence-electron chi connectivity index (χ1n) is 9.32. The molecule has 2 aromatic rings. The van der Waals surface area contributed by atoms with E-state index in [1.165, 1.54) is 16.7 Å². The summed E-state index contributed by atoms with van der Waals surface area (Å²) in [6.07, 6.45) is 7.33. The van der Waals surface area contributed by atoms with Crippen molar-refractivity contribution >= 4 is 33.3 Å². The minimum Gasteiger partial charge on any atom is -0.355 e. The zero-order valence-corrected chi connectivity index (χ0v) is 15.9. The van der Waals surface area contributed by atoms with Crippen LogP contribution in [0, 0.1) is 18.8 Å². The van der Waals surface area contributed by atoms with E-state index in [0.29, 0.717) is 17.7 Å². The summed E-state index contributed by atoms with van der Waals surface area (Å²) in [5, 5.41) is 2.16. The topological polar surface area (TPSA) is 49.3 Å². The summed E-state index contributed by atoms with van der Waals surface area (Å²) in [6, 6.07) is 0. The van der Waals surface area contributed by atoms with Crippen LogP contribution in [0.15, 0.2) is 11.7 Å². The van der Waals surface area contributed by atoms with Gasteiger partial charge in [0, 0.05) is 32.6 Å². The van der Waals surface area contributed by atoms with Crippen LogP contribution in [0.25, 0.3) is 10.2 Å². The van der Waals surface area contributed by atoms with E-state index < -0.39 is 0 Å². The predicted octanol–water partition coefficient (Wildman–Crippen LogP) is 3.47. The van der Waals surface area contributed by atoms with Gasteiger partial charge in [0.05, 0.1) is 10.2 Å². The van der Waals surface area contributed by atoms with E-state index in [4.69, 9.17) is 0 Å². The third-order valence-electron chi connectivity index (χ3n) is 5.79. The van der Waals surface area contributed by atoms with Crippen LogP contribution in [0.3, 0.4) is 0 Å². The van der Waals surface area contributed by atoms with E-state index in [9.17, 15) is 4.79 Å². The molecule has 0 bridgehead atoms. The normalized spacial score (nSPS) is 19.2. The van der Waals surface area contributed by atoms with Crippen molar-refractivity contribution in [2.45, 2.75) is 39.0 Å². The highest BCUT2D eigenvalue weighted by Gasteiger charge is 2.30. The number of anilines is 1. The fraction of sp³-hybridized carbons (Fsp3) is 0.632. The third kappa shape index (κ3) is 3.24. The van der Waals surface area contributed by atoms with Gasteiger partial charge in [-0.2, -0.15) is 0 Å². The Morgan fingerprint density at radius 1 is 1.28 bits per heavy atom. The van der Waals surface area contributed by atoms with Crippen LogP contribution < -0.4 is 4.90 Å². The number of fused-ring (bicyclic) bond motifs is 1. The maximum Gasteiger partial charge on any atom is 0.225 e. The number of rotatable bonds is 4. The molecule has 5 nitrogen and oxygen atoms in total. The van der Waals surface area contributed by atoms with E-state index in [0.717, 1.165) is 56.7 Å². The number of hydrogen-bond donors (Lipinski definition) is 0. The molecule has 3 heterocycles. The van der Waals surface area contributed by atoms with Crippen LogP contribution in [0.2, 0.25) is 0 Å². The van der Waals surface area contributed by atoms with Crippen LogP contribution in [0.1, 0.15) is 37.7 Å². The second kappa shape index (κ2) is 6.90. The van der Waals surface area contributed by atoms with Crippen LogP contribution in [-0.2, 0) is 4.79 Å². The van der Waals surface area contributed by atoms with Gasteiger partial charge in [0.25, 0.3) is 0 Å². The Hall–Kier alpha value is -1.69. The highest BCUT2D eigenvalue weighted by atomic mass is 32.1. The molecular weight excluding hydrogens is 332 g/mol. The molecule has 0 radical (unpaired) electrons. The molecule has 6 heteroatoms. The minimum absolute atomic E-state index is 0.307. The van der Waals surface area contributed by atoms with Crippen molar-refractivity contribution in [3.63, 3.8) is 0 Å². The van der Waals surface area contributed by atoms with Crippen molar-refractivity contribution < 1.29 is 4.79 Å². The molecule has 0 N–H and O–H groups in total. The fourth-order valence-corrected chi connectivity index (χ4v) is 4.97. The molecule has 2 fully saturated rings. The Bertz CT molecular complexity index is 762. The van der Waals surface area contributed by atoms with Crippen molar-refractivity contribution in [1.29, 1.82) is 0 Å².